The van der Waals surface area contributed by atoms with Gasteiger partial charge in [0.25, 0.3) is 5.91 Å². The number of fused-ring (bicyclic) bond motifs is 1. The van der Waals surface area contributed by atoms with E-state index in [0.717, 1.165) is 18.9 Å². The molecule has 2 fully saturated rings. The third-order valence-electron chi connectivity index (χ3n) is 6.69. The zero-order valence-electron chi connectivity index (χ0n) is 19.7. The topological polar surface area (TPSA) is 111 Å². The first-order chi connectivity index (χ1) is 17.4. The number of carbonyl (C=O) groups excluding carboxylic acids is 2. The summed E-state index contributed by atoms with van der Waals surface area (Å²) in [5.74, 6) is 4.17. The van der Waals surface area contributed by atoms with Gasteiger partial charge in [0, 0.05) is 25.7 Å². The number of hydrogen-bond acceptors (Lipinski definition) is 5. The van der Waals surface area contributed by atoms with E-state index in [9.17, 15) is 18.4 Å². The van der Waals surface area contributed by atoms with Gasteiger partial charge in [-0.2, -0.15) is 5.10 Å². The second-order valence-electron chi connectivity index (χ2n) is 8.98. The van der Waals surface area contributed by atoms with Crippen molar-refractivity contribution in [1.82, 2.24) is 24.2 Å². The van der Waals surface area contributed by atoms with Crippen LogP contribution in [0.15, 0.2) is 31.1 Å². The van der Waals surface area contributed by atoms with Crippen LogP contribution in [0, 0.1) is 17.7 Å². The van der Waals surface area contributed by atoms with E-state index < -0.39 is 30.5 Å². The number of hydrogen-bond donors (Lipinski definition) is 2. The van der Waals surface area contributed by atoms with E-state index in [1.807, 2.05) is 4.57 Å². The second kappa shape index (κ2) is 9.11. The predicted octanol–water partition coefficient (Wildman–Crippen LogP) is 2.54. The number of carbonyl (C=O) groups is 2. The molecule has 1 aliphatic carbocycles. The van der Waals surface area contributed by atoms with E-state index in [1.54, 1.807) is 19.4 Å². The molecule has 1 unspecified atom stereocenters. The molecule has 0 radical (unpaired) electrons. The molecular weight excluding hydrogens is 468 g/mol. The van der Waals surface area contributed by atoms with Gasteiger partial charge in [0.2, 0.25) is 5.91 Å². The summed E-state index contributed by atoms with van der Waals surface area (Å²) in [6.07, 6.45) is 5.23. The van der Waals surface area contributed by atoms with Crippen LogP contribution in [0.5, 0.6) is 0 Å². The maximum Gasteiger partial charge on any atom is 0.255 e. The fourth-order valence-electron chi connectivity index (χ4n) is 4.78. The standard InChI is InChI=1S/C25H25F2N7O2/c1-3-22(35)32-12-17(9-16(32)11-26)34-25(29-2)23(24(28)36)19(31-34)7-4-14-8-20-21(10-18(14)27)33(13-30-20)15-5-6-15/h3,8,10,13,15-17,29H,1,5-6,9,11-12H2,2H3,(H2,28,36)/t16-,17?/m1/s1. The van der Waals surface area contributed by atoms with Gasteiger partial charge in [0.15, 0.2) is 5.69 Å². The van der Waals surface area contributed by atoms with Crippen LogP contribution < -0.4 is 11.1 Å². The fraction of sp³-hybridized carbons (Fsp3) is 0.360. The van der Waals surface area contributed by atoms with Gasteiger partial charge in [-0.05, 0) is 37.3 Å². The Morgan fingerprint density at radius 2 is 2.08 bits per heavy atom. The van der Waals surface area contributed by atoms with Crippen LogP contribution in [0.2, 0.25) is 0 Å². The number of imidazole rings is 1. The van der Waals surface area contributed by atoms with Crippen molar-refractivity contribution in [3.8, 4) is 11.8 Å². The van der Waals surface area contributed by atoms with Gasteiger partial charge in [-0.15, -0.1) is 0 Å². The molecule has 2 aliphatic rings. The highest BCUT2D eigenvalue weighted by Crippen LogP contribution is 2.37. The highest BCUT2D eigenvalue weighted by Gasteiger charge is 2.38. The molecule has 1 aliphatic heterocycles. The van der Waals surface area contributed by atoms with Crippen molar-refractivity contribution in [2.45, 2.75) is 37.4 Å². The van der Waals surface area contributed by atoms with E-state index in [2.05, 4.69) is 33.8 Å². The number of anilines is 1. The summed E-state index contributed by atoms with van der Waals surface area (Å²) in [5.41, 5.74) is 7.18. The molecule has 1 aromatic carbocycles. The number of benzene rings is 1. The van der Waals surface area contributed by atoms with Gasteiger partial charge < -0.3 is 20.5 Å². The molecule has 3 heterocycles. The van der Waals surface area contributed by atoms with Crippen LogP contribution in [-0.4, -0.2) is 62.4 Å². The van der Waals surface area contributed by atoms with Crippen molar-refractivity contribution >= 4 is 28.7 Å². The summed E-state index contributed by atoms with van der Waals surface area (Å²) in [6, 6.07) is 2.28. The highest BCUT2D eigenvalue weighted by atomic mass is 19.1. The minimum absolute atomic E-state index is 0.0368. The first-order valence-corrected chi connectivity index (χ1v) is 11.6. The maximum absolute atomic E-state index is 14.9. The molecule has 2 atom stereocenters. The molecule has 2 aromatic heterocycles. The number of nitrogens with zero attached hydrogens (tertiary/aromatic N) is 5. The van der Waals surface area contributed by atoms with Gasteiger partial charge in [-0.1, -0.05) is 12.5 Å². The maximum atomic E-state index is 14.9. The van der Waals surface area contributed by atoms with Gasteiger partial charge in [-0.25, -0.2) is 18.4 Å². The molecule has 0 spiro atoms. The number of likely N-dealkylation sites (tertiary alicyclic amines) is 1. The van der Waals surface area contributed by atoms with E-state index >= 15 is 0 Å². The first-order valence-electron chi connectivity index (χ1n) is 11.6. The van der Waals surface area contributed by atoms with E-state index in [4.69, 9.17) is 5.73 Å². The summed E-state index contributed by atoms with van der Waals surface area (Å²) in [5, 5.41) is 7.38. The van der Waals surface area contributed by atoms with Crippen molar-refractivity contribution in [1.29, 1.82) is 0 Å². The monoisotopic (exact) mass is 493 g/mol. The molecule has 9 nitrogen and oxygen atoms in total. The zero-order valence-corrected chi connectivity index (χ0v) is 19.7. The molecule has 3 N–H and O–H groups in total. The van der Waals surface area contributed by atoms with Crippen LogP contribution in [0.4, 0.5) is 14.6 Å². The molecule has 0 bridgehead atoms. The molecule has 1 saturated heterocycles. The molecule has 3 aromatic rings. The van der Waals surface area contributed by atoms with Crippen LogP contribution >= 0.6 is 0 Å². The van der Waals surface area contributed by atoms with Gasteiger partial charge in [-0.3, -0.25) is 9.59 Å². The Kier molecular flexibility index (Phi) is 5.96. The van der Waals surface area contributed by atoms with Crippen molar-refractivity contribution in [3.05, 3.63) is 53.8 Å². The molecular formula is C25H25F2N7O2. The number of aromatic nitrogens is 4. The van der Waals surface area contributed by atoms with Crippen LogP contribution in [0.1, 0.15) is 53.0 Å². The van der Waals surface area contributed by atoms with E-state index in [1.165, 1.54) is 15.6 Å². The Bertz CT molecular complexity index is 1440. The third kappa shape index (κ3) is 3.98. The molecule has 186 valence electrons. The first kappa shape index (κ1) is 23.5. The Morgan fingerprint density at radius 3 is 2.72 bits per heavy atom. The number of halogens is 2. The average Bonchev–Trinajstić information content (AvgIpc) is 3.32. The van der Waals surface area contributed by atoms with Gasteiger partial charge in [0.1, 0.15) is 23.9 Å². The number of nitrogens with two attached hydrogens (primary N) is 1. The van der Waals surface area contributed by atoms with Crippen LogP contribution in [-0.2, 0) is 4.79 Å². The van der Waals surface area contributed by atoms with Gasteiger partial charge >= 0.3 is 0 Å². The largest absolute Gasteiger partial charge is 0.373 e. The molecule has 5 rings (SSSR count). The van der Waals surface area contributed by atoms with Crippen molar-refractivity contribution in [2.75, 3.05) is 25.6 Å². The summed E-state index contributed by atoms with van der Waals surface area (Å²) < 4.78 is 32.0. The lowest BCUT2D eigenvalue weighted by Crippen LogP contribution is -2.35. The Hall–Kier alpha value is -4.20. The summed E-state index contributed by atoms with van der Waals surface area (Å²) in [4.78, 5) is 30.3. The van der Waals surface area contributed by atoms with Gasteiger partial charge in [0.05, 0.1) is 35.0 Å². The number of amides is 2. The summed E-state index contributed by atoms with van der Waals surface area (Å²) in [7, 11) is 1.59. The smallest absolute Gasteiger partial charge is 0.255 e. The third-order valence-corrected chi connectivity index (χ3v) is 6.69. The van der Waals surface area contributed by atoms with Crippen molar-refractivity contribution in [2.24, 2.45) is 5.73 Å². The quantitative estimate of drug-likeness (QED) is 0.405. The second-order valence-corrected chi connectivity index (χ2v) is 8.98. The molecule has 2 amide bonds. The lowest BCUT2D eigenvalue weighted by Gasteiger charge is -2.20. The van der Waals surface area contributed by atoms with Crippen LogP contribution in [0.3, 0.4) is 0 Å². The Labute approximate surface area is 205 Å². The average molecular weight is 494 g/mol. The molecule has 11 heteroatoms. The number of primary amides is 1. The Morgan fingerprint density at radius 1 is 1.31 bits per heavy atom. The Balaban J connectivity index is 1.52. The van der Waals surface area contributed by atoms with E-state index in [-0.39, 0.29) is 35.7 Å². The lowest BCUT2D eigenvalue weighted by molar-refractivity contribution is -0.127. The zero-order chi connectivity index (χ0) is 25.6. The summed E-state index contributed by atoms with van der Waals surface area (Å²) in [6.45, 7) is 2.93. The van der Waals surface area contributed by atoms with Crippen molar-refractivity contribution < 1.29 is 18.4 Å². The number of nitrogens with one attached hydrogen (secondary N) is 1. The molecule has 36 heavy (non-hydrogen) atoms. The summed E-state index contributed by atoms with van der Waals surface area (Å²) >= 11 is 0. The molecule has 1 saturated carbocycles. The van der Waals surface area contributed by atoms with Crippen molar-refractivity contribution in [3.63, 3.8) is 0 Å². The van der Waals surface area contributed by atoms with Crippen LogP contribution in [0.25, 0.3) is 11.0 Å². The number of alkyl halides is 1. The fourth-order valence-corrected chi connectivity index (χ4v) is 4.78. The number of rotatable bonds is 6. The lowest BCUT2D eigenvalue weighted by atomic mass is 10.1. The normalized spacial score (nSPS) is 19.2. The minimum atomic E-state index is -0.770. The predicted molar refractivity (Wildman–Crippen MR) is 130 cm³/mol. The minimum Gasteiger partial charge on any atom is -0.373 e. The SMILES string of the molecule is C=CC(=O)N1CC(n2nc(C#Cc3cc4ncn(C5CC5)c4cc3F)c(C(N)=O)c2NC)C[C@@H]1CF. The highest BCUT2D eigenvalue weighted by molar-refractivity contribution is 6.00. The van der Waals surface area contributed by atoms with E-state index in [0.29, 0.717) is 22.9 Å².